The molecule has 2 aliphatic heterocycles. The fourth-order valence-electron chi connectivity index (χ4n) is 4.34. The van der Waals surface area contributed by atoms with Crippen molar-refractivity contribution in [1.29, 1.82) is 0 Å². The lowest BCUT2D eigenvalue weighted by Gasteiger charge is -2.35. The third kappa shape index (κ3) is 4.18. The van der Waals surface area contributed by atoms with Gasteiger partial charge in [-0.3, -0.25) is 4.90 Å². The second-order valence-electron chi connectivity index (χ2n) is 8.53. The molecule has 0 bridgehead atoms. The Morgan fingerprint density at radius 3 is 2.43 bits per heavy atom. The Hall–Kier alpha value is -0.870. The van der Waals surface area contributed by atoms with E-state index < -0.39 is 0 Å². The van der Waals surface area contributed by atoms with E-state index >= 15 is 0 Å². The largest absolute Gasteiger partial charge is 0.340 e. The fourth-order valence-corrected chi connectivity index (χ4v) is 5.66. The van der Waals surface area contributed by atoms with Crippen LogP contribution < -0.4 is 4.90 Å². The number of anilines is 2. The van der Waals surface area contributed by atoms with E-state index in [-0.39, 0.29) is 12.4 Å². The fraction of sp³-hybridized carbons (Fsp3) is 0.478. The van der Waals surface area contributed by atoms with Crippen LogP contribution >= 0.6 is 35.8 Å². The van der Waals surface area contributed by atoms with E-state index in [0.29, 0.717) is 5.54 Å². The first-order valence-electron chi connectivity index (χ1n) is 9.96. The normalized spacial score (nSPS) is 17.8. The van der Waals surface area contributed by atoms with Crippen LogP contribution in [0.5, 0.6) is 0 Å². The quantitative estimate of drug-likeness (QED) is 0.498. The standard InChI is InChI=1S/C23H29ClN2S.ClH/c1-16-13-19-22(14-17(16)2)27-21-8-7-18(24)15-20(21)26(19)12-6-11-25-10-5-9-23(25,3)4;/h7-8,13-15H,5-6,9-12H2,1-4H3;1H. The summed E-state index contributed by atoms with van der Waals surface area (Å²) in [4.78, 5) is 7.81. The summed E-state index contributed by atoms with van der Waals surface area (Å²) in [5.74, 6) is 0. The number of hydrogen-bond donors (Lipinski definition) is 0. The molecule has 4 rings (SSSR count). The summed E-state index contributed by atoms with van der Waals surface area (Å²) in [7, 11) is 0. The number of nitrogens with zero attached hydrogens (tertiary/aromatic N) is 2. The summed E-state index contributed by atoms with van der Waals surface area (Å²) in [5, 5.41) is 0.812. The first kappa shape index (κ1) is 21.8. The van der Waals surface area contributed by atoms with Gasteiger partial charge in [0, 0.05) is 33.4 Å². The molecule has 0 spiro atoms. The molecule has 0 unspecified atom stereocenters. The highest BCUT2D eigenvalue weighted by molar-refractivity contribution is 7.99. The van der Waals surface area contributed by atoms with Crippen LogP contribution in [0.15, 0.2) is 40.1 Å². The molecule has 5 heteroatoms. The molecule has 28 heavy (non-hydrogen) atoms. The maximum Gasteiger partial charge on any atom is 0.0567 e. The minimum atomic E-state index is 0. The zero-order chi connectivity index (χ0) is 19.2. The van der Waals surface area contributed by atoms with Crippen molar-refractivity contribution in [3.63, 3.8) is 0 Å². The van der Waals surface area contributed by atoms with E-state index in [9.17, 15) is 0 Å². The average Bonchev–Trinajstić information content (AvgIpc) is 2.95. The highest BCUT2D eigenvalue weighted by Gasteiger charge is 2.31. The van der Waals surface area contributed by atoms with E-state index in [1.54, 1.807) is 0 Å². The topological polar surface area (TPSA) is 6.48 Å². The lowest BCUT2D eigenvalue weighted by atomic mass is 10.0. The van der Waals surface area contributed by atoms with Crippen molar-refractivity contribution >= 4 is 47.1 Å². The number of rotatable bonds is 4. The average molecular weight is 437 g/mol. The van der Waals surface area contributed by atoms with Crippen molar-refractivity contribution in [3.8, 4) is 0 Å². The zero-order valence-corrected chi connectivity index (χ0v) is 19.6. The molecule has 1 saturated heterocycles. The molecule has 0 amide bonds. The highest BCUT2D eigenvalue weighted by Crippen LogP contribution is 2.49. The third-order valence-electron chi connectivity index (χ3n) is 6.18. The Kier molecular flexibility index (Phi) is 6.61. The van der Waals surface area contributed by atoms with E-state index in [4.69, 9.17) is 11.6 Å². The second-order valence-corrected chi connectivity index (χ2v) is 10.0. The van der Waals surface area contributed by atoms with Gasteiger partial charge in [-0.1, -0.05) is 23.4 Å². The van der Waals surface area contributed by atoms with Crippen LogP contribution in [0.25, 0.3) is 0 Å². The number of likely N-dealkylation sites (tertiary alicyclic amines) is 1. The Morgan fingerprint density at radius 2 is 1.71 bits per heavy atom. The van der Waals surface area contributed by atoms with Crippen LogP contribution in [0.2, 0.25) is 5.02 Å². The summed E-state index contributed by atoms with van der Waals surface area (Å²) >= 11 is 8.22. The maximum absolute atomic E-state index is 6.36. The molecule has 2 aromatic carbocycles. The molecule has 2 heterocycles. The molecule has 0 N–H and O–H groups in total. The van der Waals surface area contributed by atoms with E-state index in [2.05, 4.69) is 61.8 Å². The molecule has 0 aliphatic carbocycles. The minimum Gasteiger partial charge on any atom is -0.340 e. The van der Waals surface area contributed by atoms with Crippen molar-refractivity contribution < 1.29 is 0 Å². The zero-order valence-electron chi connectivity index (χ0n) is 17.2. The lowest BCUT2D eigenvalue weighted by molar-refractivity contribution is 0.174. The van der Waals surface area contributed by atoms with E-state index in [0.717, 1.165) is 24.5 Å². The SMILES string of the molecule is Cc1cc2c(cc1C)N(CCCN1CCCC1(C)C)c1cc(Cl)ccc1S2.Cl. The Morgan fingerprint density at radius 1 is 1.00 bits per heavy atom. The molecule has 2 aromatic rings. The molecule has 0 atom stereocenters. The summed E-state index contributed by atoms with van der Waals surface area (Å²) in [6, 6.07) is 11.0. The van der Waals surface area contributed by atoms with Gasteiger partial charge < -0.3 is 4.90 Å². The van der Waals surface area contributed by atoms with Gasteiger partial charge in [-0.2, -0.15) is 0 Å². The third-order valence-corrected chi connectivity index (χ3v) is 7.53. The molecular formula is C23H30Cl2N2S. The molecule has 2 nitrogen and oxygen atoms in total. The van der Waals surface area contributed by atoms with Gasteiger partial charge >= 0.3 is 0 Å². The van der Waals surface area contributed by atoms with Crippen molar-refractivity contribution in [1.82, 2.24) is 4.90 Å². The first-order valence-corrected chi connectivity index (χ1v) is 11.2. The maximum atomic E-state index is 6.36. The Labute approximate surface area is 185 Å². The van der Waals surface area contributed by atoms with Gasteiger partial charge in [0.1, 0.15) is 0 Å². The molecule has 2 aliphatic rings. The minimum absolute atomic E-state index is 0. The van der Waals surface area contributed by atoms with Crippen LogP contribution in [-0.2, 0) is 0 Å². The summed E-state index contributed by atoms with van der Waals surface area (Å²) in [5.41, 5.74) is 5.65. The van der Waals surface area contributed by atoms with Crippen LogP contribution in [0.1, 0.15) is 44.2 Å². The van der Waals surface area contributed by atoms with Crippen LogP contribution in [0, 0.1) is 13.8 Å². The van der Waals surface area contributed by atoms with Crippen molar-refractivity contribution in [3.05, 3.63) is 46.5 Å². The van der Waals surface area contributed by atoms with Gasteiger partial charge in [0.05, 0.1) is 11.4 Å². The molecule has 0 saturated carbocycles. The lowest BCUT2D eigenvalue weighted by Crippen LogP contribution is -2.39. The summed E-state index contributed by atoms with van der Waals surface area (Å²) < 4.78 is 0. The predicted molar refractivity (Wildman–Crippen MR) is 125 cm³/mol. The van der Waals surface area contributed by atoms with Crippen molar-refractivity contribution in [2.24, 2.45) is 0 Å². The Bertz CT molecular complexity index is 866. The van der Waals surface area contributed by atoms with Gasteiger partial charge in [-0.15, -0.1) is 12.4 Å². The number of hydrogen-bond acceptors (Lipinski definition) is 3. The molecule has 1 fully saturated rings. The molecule has 0 aromatic heterocycles. The first-order chi connectivity index (χ1) is 12.8. The van der Waals surface area contributed by atoms with Gasteiger partial charge in [-0.25, -0.2) is 0 Å². The number of benzene rings is 2. The van der Waals surface area contributed by atoms with Gasteiger partial charge in [0.15, 0.2) is 0 Å². The number of fused-ring (bicyclic) bond motifs is 2. The van der Waals surface area contributed by atoms with Crippen LogP contribution in [-0.4, -0.2) is 30.1 Å². The molecular weight excluding hydrogens is 407 g/mol. The van der Waals surface area contributed by atoms with Crippen molar-refractivity contribution in [2.75, 3.05) is 24.5 Å². The Balaban J connectivity index is 0.00000225. The second kappa shape index (κ2) is 8.47. The van der Waals surface area contributed by atoms with Gasteiger partial charge in [0.25, 0.3) is 0 Å². The number of aryl methyl sites for hydroxylation is 2. The summed E-state index contributed by atoms with van der Waals surface area (Å²) in [6.45, 7) is 12.6. The summed E-state index contributed by atoms with van der Waals surface area (Å²) in [6.07, 6.45) is 3.80. The van der Waals surface area contributed by atoms with Crippen LogP contribution in [0.3, 0.4) is 0 Å². The predicted octanol–water partition coefficient (Wildman–Crippen LogP) is 7.25. The smallest absolute Gasteiger partial charge is 0.0567 e. The molecule has 0 radical (unpaired) electrons. The number of halogens is 2. The molecule has 152 valence electrons. The van der Waals surface area contributed by atoms with E-state index in [1.165, 1.54) is 51.7 Å². The van der Waals surface area contributed by atoms with Crippen LogP contribution in [0.4, 0.5) is 11.4 Å². The van der Waals surface area contributed by atoms with Crippen molar-refractivity contribution in [2.45, 2.75) is 62.3 Å². The van der Waals surface area contributed by atoms with Gasteiger partial charge in [-0.05, 0) is 95.0 Å². The monoisotopic (exact) mass is 436 g/mol. The highest BCUT2D eigenvalue weighted by atomic mass is 35.5. The van der Waals surface area contributed by atoms with Gasteiger partial charge in [0.2, 0.25) is 0 Å². The van der Waals surface area contributed by atoms with E-state index in [1.807, 2.05) is 17.8 Å².